The minimum atomic E-state index is -0.660. The van der Waals surface area contributed by atoms with Gasteiger partial charge in [0, 0.05) is 6.04 Å². The van der Waals surface area contributed by atoms with Crippen LogP contribution in [0.2, 0.25) is 0 Å². The zero-order valence-corrected chi connectivity index (χ0v) is 16.6. The van der Waals surface area contributed by atoms with Gasteiger partial charge < -0.3 is 33.5 Å². The van der Waals surface area contributed by atoms with Gasteiger partial charge in [-0.2, -0.15) is 0 Å². The van der Waals surface area contributed by atoms with Crippen molar-refractivity contribution in [3.63, 3.8) is 0 Å². The van der Waals surface area contributed by atoms with Crippen molar-refractivity contribution in [2.45, 2.75) is 85.5 Å². The van der Waals surface area contributed by atoms with Gasteiger partial charge in [0.15, 0.2) is 0 Å². The van der Waals surface area contributed by atoms with E-state index >= 15 is 0 Å². The van der Waals surface area contributed by atoms with Crippen molar-refractivity contribution in [2.24, 2.45) is 0 Å². The summed E-state index contributed by atoms with van der Waals surface area (Å²) in [7, 11) is 0. The highest BCUT2D eigenvalue weighted by Gasteiger charge is 2.34. The molecule has 0 saturated heterocycles. The number of ether oxygens (including phenoxy) is 2. The first kappa shape index (κ1) is 22.7. The molecule has 0 aromatic rings. The standard InChI is InChI=1S/C15H29NO4.HI/c1-9-10-11(2)16(12(17)19-14(3,4)5)13(18)20-15(6,7)8;/h11H,9-10H2,1-8H3;1H/p-1/t11-;/m1./s1. The number of imide groups is 1. The number of hydrogen-bond donors (Lipinski definition) is 0. The summed E-state index contributed by atoms with van der Waals surface area (Å²) < 4.78 is 10.6. The van der Waals surface area contributed by atoms with Crippen LogP contribution in [0.3, 0.4) is 0 Å². The van der Waals surface area contributed by atoms with Crippen LogP contribution in [0, 0.1) is 0 Å². The fraction of sp³-hybridized carbons (Fsp3) is 0.867. The van der Waals surface area contributed by atoms with Crippen LogP contribution in [-0.4, -0.2) is 34.3 Å². The molecule has 0 fully saturated rings. The van der Waals surface area contributed by atoms with Crippen molar-refractivity contribution in [3.05, 3.63) is 0 Å². The Hall–Kier alpha value is -0.530. The zero-order valence-electron chi connectivity index (χ0n) is 14.4. The smallest absolute Gasteiger partial charge is 0.420 e. The highest BCUT2D eigenvalue weighted by atomic mass is 127. The minimum Gasteiger partial charge on any atom is -1.00 e. The third kappa shape index (κ3) is 9.92. The molecule has 126 valence electrons. The van der Waals surface area contributed by atoms with Crippen molar-refractivity contribution in [3.8, 4) is 0 Å². The molecule has 1 atom stereocenters. The molecule has 0 N–H and O–H groups in total. The van der Waals surface area contributed by atoms with Crippen molar-refractivity contribution in [1.82, 2.24) is 4.90 Å². The Labute approximate surface area is 145 Å². The van der Waals surface area contributed by atoms with Gasteiger partial charge >= 0.3 is 12.2 Å². The van der Waals surface area contributed by atoms with Crippen molar-refractivity contribution >= 4 is 12.2 Å². The van der Waals surface area contributed by atoms with Crippen LogP contribution >= 0.6 is 0 Å². The summed E-state index contributed by atoms with van der Waals surface area (Å²) in [5, 5.41) is 0. The van der Waals surface area contributed by atoms with E-state index in [2.05, 4.69) is 0 Å². The summed E-state index contributed by atoms with van der Waals surface area (Å²) in [5.74, 6) is 0. The van der Waals surface area contributed by atoms with Crippen molar-refractivity contribution in [2.75, 3.05) is 0 Å². The largest absolute Gasteiger partial charge is 1.00 e. The number of nitrogens with zero attached hydrogens (tertiary/aromatic N) is 1. The van der Waals surface area contributed by atoms with E-state index in [4.69, 9.17) is 9.47 Å². The summed E-state index contributed by atoms with van der Waals surface area (Å²) in [6, 6.07) is -0.260. The third-order valence-corrected chi connectivity index (χ3v) is 2.33. The van der Waals surface area contributed by atoms with Crippen LogP contribution < -0.4 is 24.0 Å². The van der Waals surface area contributed by atoms with Gasteiger partial charge in [-0.05, 0) is 54.9 Å². The van der Waals surface area contributed by atoms with Gasteiger partial charge in [-0.15, -0.1) is 0 Å². The summed E-state index contributed by atoms with van der Waals surface area (Å²) in [4.78, 5) is 25.5. The molecule has 0 aliphatic carbocycles. The topological polar surface area (TPSA) is 55.8 Å². The summed E-state index contributed by atoms with van der Waals surface area (Å²) in [5.41, 5.74) is -1.30. The molecule has 0 radical (unpaired) electrons. The highest BCUT2D eigenvalue weighted by molar-refractivity contribution is 5.88. The van der Waals surface area contributed by atoms with Crippen molar-refractivity contribution < 1.29 is 43.0 Å². The first-order valence-corrected chi connectivity index (χ1v) is 7.12. The van der Waals surface area contributed by atoms with Crippen LogP contribution in [-0.2, 0) is 9.47 Å². The molecule has 0 bridgehead atoms. The molecule has 0 aliphatic rings. The lowest BCUT2D eigenvalue weighted by atomic mass is 10.1. The van der Waals surface area contributed by atoms with Gasteiger partial charge in [-0.3, -0.25) is 0 Å². The number of carbonyl (C=O) groups excluding carboxylic acids is 2. The van der Waals surface area contributed by atoms with E-state index in [-0.39, 0.29) is 30.0 Å². The molecule has 5 nitrogen and oxygen atoms in total. The molecule has 0 unspecified atom stereocenters. The molecule has 0 heterocycles. The second kappa shape index (κ2) is 8.80. The molecule has 0 spiro atoms. The monoisotopic (exact) mass is 414 g/mol. The predicted molar refractivity (Wildman–Crippen MR) is 78.7 cm³/mol. The van der Waals surface area contributed by atoms with E-state index in [9.17, 15) is 9.59 Å². The minimum absolute atomic E-state index is 0. The van der Waals surface area contributed by atoms with Gasteiger partial charge in [0.2, 0.25) is 0 Å². The maximum atomic E-state index is 12.2. The molecule has 0 saturated carbocycles. The van der Waals surface area contributed by atoms with Crippen LogP contribution in [0.5, 0.6) is 0 Å². The second-order valence-electron chi connectivity index (χ2n) is 6.97. The molecule has 21 heavy (non-hydrogen) atoms. The van der Waals surface area contributed by atoms with Crippen LogP contribution in [0.15, 0.2) is 0 Å². The lowest BCUT2D eigenvalue weighted by Crippen LogP contribution is -3.00. The molecular weight excluding hydrogens is 385 g/mol. The third-order valence-electron chi connectivity index (χ3n) is 2.33. The van der Waals surface area contributed by atoms with E-state index in [0.29, 0.717) is 6.42 Å². The van der Waals surface area contributed by atoms with Gasteiger partial charge in [-0.1, -0.05) is 13.3 Å². The van der Waals surface area contributed by atoms with Gasteiger partial charge in [0.05, 0.1) is 0 Å². The maximum absolute atomic E-state index is 12.2. The Bertz CT molecular complexity index is 317. The van der Waals surface area contributed by atoms with E-state index in [1.807, 2.05) is 13.8 Å². The molecule has 0 aliphatic heterocycles. The average molecular weight is 414 g/mol. The zero-order chi connectivity index (χ0) is 16.1. The lowest BCUT2D eigenvalue weighted by molar-refractivity contribution is -0.00678. The number of carbonyl (C=O) groups is 2. The fourth-order valence-corrected chi connectivity index (χ4v) is 1.60. The van der Waals surface area contributed by atoms with Gasteiger partial charge in [0.25, 0.3) is 0 Å². The second-order valence-corrected chi connectivity index (χ2v) is 6.97. The predicted octanol–water partition coefficient (Wildman–Crippen LogP) is 1.35. The lowest BCUT2D eigenvalue weighted by Gasteiger charge is -2.31. The van der Waals surface area contributed by atoms with Crippen LogP contribution in [0.25, 0.3) is 0 Å². The summed E-state index contributed by atoms with van der Waals surface area (Å²) in [6.45, 7) is 14.4. The summed E-state index contributed by atoms with van der Waals surface area (Å²) in [6.07, 6.45) is 0.252. The number of amides is 2. The van der Waals surface area contributed by atoms with E-state index < -0.39 is 23.4 Å². The van der Waals surface area contributed by atoms with E-state index in [1.165, 1.54) is 0 Å². The Morgan fingerprint density at radius 3 is 1.52 bits per heavy atom. The molecule has 0 aromatic carbocycles. The number of hydrogen-bond acceptors (Lipinski definition) is 4. The van der Waals surface area contributed by atoms with Crippen LogP contribution in [0.1, 0.15) is 68.2 Å². The van der Waals surface area contributed by atoms with Gasteiger partial charge in [-0.25, -0.2) is 14.5 Å². The Morgan fingerprint density at radius 2 is 1.29 bits per heavy atom. The maximum Gasteiger partial charge on any atom is 0.420 e. The molecule has 2 amide bonds. The normalized spacial score (nSPS) is 13.0. The molecule has 0 aromatic heterocycles. The first-order valence-electron chi connectivity index (χ1n) is 7.12. The quantitative estimate of drug-likeness (QED) is 0.655. The average Bonchev–Trinajstić information content (AvgIpc) is 2.11. The molecular formula is C15H29INO4-. The van der Waals surface area contributed by atoms with Gasteiger partial charge in [0.1, 0.15) is 11.2 Å². The van der Waals surface area contributed by atoms with Crippen LogP contribution in [0.4, 0.5) is 9.59 Å². The van der Waals surface area contributed by atoms with E-state index in [1.54, 1.807) is 41.5 Å². The highest BCUT2D eigenvalue weighted by Crippen LogP contribution is 2.18. The fourth-order valence-electron chi connectivity index (χ4n) is 1.60. The van der Waals surface area contributed by atoms with Crippen molar-refractivity contribution in [1.29, 1.82) is 0 Å². The van der Waals surface area contributed by atoms with E-state index in [0.717, 1.165) is 11.3 Å². The Balaban J connectivity index is 0. The number of rotatable bonds is 3. The SMILES string of the molecule is CCC[C@@H](C)N(C(=O)OC(C)(C)C)C(=O)OC(C)(C)C.[I-]. The Morgan fingerprint density at radius 1 is 0.952 bits per heavy atom. The molecule has 6 heteroatoms. The summed E-state index contributed by atoms with van der Waals surface area (Å²) >= 11 is 0. The molecule has 0 rings (SSSR count). The number of halogens is 1. The Kier molecular flexibility index (Phi) is 9.53. The first-order chi connectivity index (χ1) is 8.87.